The second-order valence-electron chi connectivity index (χ2n) is 1.42. The fourth-order valence-corrected chi connectivity index (χ4v) is 0.427. The first-order valence-corrected chi connectivity index (χ1v) is 2.06. The number of nitrogens with two attached hydrogens (primary N) is 1. The van der Waals surface area contributed by atoms with Crippen LogP contribution in [0.25, 0.3) is 0 Å². The van der Waals surface area contributed by atoms with Gasteiger partial charge in [0.1, 0.15) is 0 Å². The molecule has 4 nitrogen and oxygen atoms in total. The fourth-order valence-electron chi connectivity index (χ4n) is 0.427. The number of aromatic hydroxyl groups is 2. The molecule has 4 heteroatoms. The van der Waals surface area contributed by atoms with Gasteiger partial charge < -0.3 is 16.1 Å². The standard InChI is InChI=1S/C4H6N2O2/c5-6-3(7)1-2-4(6)8/h1-2,7-8H,5H2. The molecule has 0 unspecified atom stereocenters. The van der Waals surface area contributed by atoms with Gasteiger partial charge in [0.2, 0.25) is 11.8 Å². The van der Waals surface area contributed by atoms with Crippen LogP contribution in [0.15, 0.2) is 12.1 Å². The van der Waals surface area contributed by atoms with E-state index in [0.29, 0.717) is 0 Å². The highest BCUT2D eigenvalue weighted by Crippen LogP contribution is 2.15. The molecule has 0 aliphatic heterocycles. The van der Waals surface area contributed by atoms with Gasteiger partial charge in [-0.3, -0.25) is 0 Å². The average molecular weight is 114 g/mol. The van der Waals surface area contributed by atoms with Crippen molar-refractivity contribution in [1.82, 2.24) is 4.68 Å². The summed E-state index contributed by atoms with van der Waals surface area (Å²) in [4.78, 5) is 0. The van der Waals surface area contributed by atoms with Gasteiger partial charge in [0, 0.05) is 12.1 Å². The van der Waals surface area contributed by atoms with E-state index in [9.17, 15) is 0 Å². The molecule has 0 amide bonds. The van der Waals surface area contributed by atoms with Crippen LogP contribution in [0.5, 0.6) is 11.8 Å². The minimum Gasteiger partial charge on any atom is -0.493 e. The molecule has 44 valence electrons. The van der Waals surface area contributed by atoms with Crippen molar-refractivity contribution in [3.05, 3.63) is 12.1 Å². The first kappa shape index (κ1) is 4.83. The van der Waals surface area contributed by atoms with Gasteiger partial charge in [0.25, 0.3) is 0 Å². The van der Waals surface area contributed by atoms with Crippen LogP contribution < -0.4 is 5.84 Å². The SMILES string of the molecule is Nn1c(O)ccc1O. The molecule has 0 aromatic carbocycles. The van der Waals surface area contributed by atoms with Crippen LogP contribution in [0.4, 0.5) is 0 Å². The maximum Gasteiger partial charge on any atom is 0.212 e. The normalized spacial score (nSPS) is 9.50. The van der Waals surface area contributed by atoms with Crippen LogP contribution in [0.2, 0.25) is 0 Å². The molecular formula is C4H6N2O2. The second-order valence-corrected chi connectivity index (χ2v) is 1.42. The Balaban J connectivity index is 3.19. The van der Waals surface area contributed by atoms with E-state index in [0.717, 1.165) is 4.68 Å². The van der Waals surface area contributed by atoms with Gasteiger partial charge in [-0.1, -0.05) is 0 Å². The van der Waals surface area contributed by atoms with Crippen molar-refractivity contribution in [1.29, 1.82) is 0 Å². The van der Waals surface area contributed by atoms with Gasteiger partial charge in [-0.15, -0.1) is 0 Å². The molecule has 0 radical (unpaired) electrons. The van der Waals surface area contributed by atoms with Crippen LogP contribution in [0.1, 0.15) is 0 Å². The first-order chi connectivity index (χ1) is 3.72. The van der Waals surface area contributed by atoms with E-state index >= 15 is 0 Å². The molecule has 8 heavy (non-hydrogen) atoms. The maximum atomic E-state index is 8.62. The molecule has 0 aliphatic rings. The lowest BCUT2D eigenvalue weighted by atomic mass is 10.6. The van der Waals surface area contributed by atoms with Crippen LogP contribution in [0.3, 0.4) is 0 Å². The third-order valence-corrected chi connectivity index (χ3v) is 0.875. The van der Waals surface area contributed by atoms with Crippen molar-refractivity contribution in [2.24, 2.45) is 0 Å². The largest absolute Gasteiger partial charge is 0.493 e. The molecule has 0 spiro atoms. The number of rotatable bonds is 0. The van der Waals surface area contributed by atoms with Crippen molar-refractivity contribution in [2.75, 3.05) is 5.84 Å². The predicted octanol–water partition coefficient (Wildman–Crippen LogP) is -0.387. The van der Waals surface area contributed by atoms with Gasteiger partial charge in [-0.2, -0.15) is 4.68 Å². The Morgan fingerprint density at radius 1 is 1.25 bits per heavy atom. The molecule has 0 atom stereocenters. The van der Waals surface area contributed by atoms with E-state index < -0.39 is 0 Å². The number of nitrogen functional groups attached to an aromatic ring is 1. The monoisotopic (exact) mass is 114 g/mol. The third-order valence-electron chi connectivity index (χ3n) is 0.875. The number of aromatic nitrogens is 1. The zero-order chi connectivity index (χ0) is 6.15. The van der Waals surface area contributed by atoms with E-state index in [1.807, 2.05) is 0 Å². The van der Waals surface area contributed by atoms with Gasteiger partial charge in [0.05, 0.1) is 0 Å². The lowest BCUT2D eigenvalue weighted by molar-refractivity contribution is 0.395. The Bertz CT molecular complexity index is 174. The highest BCUT2D eigenvalue weighted by molar-refractivity contribution is 5.23. The van der Waals surface area contributed by atoms with Gasteiger partial charge in [-0.25, -0.2) is 0 Å². The second kappa shape index (κ2) is 1.33. The summed E-state index contributed by atoms with van der Waals surface area (Å²) in [6, 6.07) is 2.60. The average Bonchev–Trinajstić information content (AvgIpc) is 1.98. The van der Waals surface area contributed by atoms with E-state index in [1.54, 1.807) is 0 Å². The number of hydrogen-bond acceptors (Lipinski definition) is 3. The Labute approximate surface area is 45.7 Å². The maximum absolute atomic E-state index is 8.62. The van der Waals surface area contributed by atoms with Crippen LogP contribution in [-0.4, -0.2) is 14.9 Å². The number of nitrogens with zero attached hydrogens (tertiary/aromatic N) is 1. The van der Waals surface area contributed by atoms with E-state index in [-0.39, 0.29) is 11.8 Å². The Kier molecular flexibility index (Phi) is 0.802. The van der Waals surface area contributed by atoms with Crippen molar-refractivity contribution in [2.45, 2.75) is 0 Å². The Morgan fingerprint density at radius 3 is 1.75 bits per heavy atom. The summed E-state index contributed by atoms with van der Waals surface area (Å²) in [5.74, 6) is 4.72. The van der Waals surface area contributed by atoms with Crippen molar-refractivity contribution in [3.8, 4) is 11.8 Å². The topological polar surface area (TPSA) is 71.4 Å². The molecule has 1 aromatic heterocycles. The van der Waals surface area contributed by atoms with E-state index in [2.05, 4.69) is 0 Å². The van der Waals surface area contributed by atoms with Gasteiger partial charge >= 0.3 is 0 Å². The lowest BCUT2D eigenvalue weighted by Gasteiger charge is -1.93. The van der Waals surface area contributed by atoms with Crippen LogP contribution in [0, 0.1) is 0 Å². The molecule has 4 N–H and O–H groups in total. The summed E-state index contributed by atoms with van der Waals surface area (Å²) in [7, 11) is 0. The molecule has 1 heterocycles. The summed E-state index contributed by atoms with van der Waals surface area (Å²) in [6.07, 6.45) is 0. The minimum absolute atomic E-state index is 0.150. The highest BCUT2D eigenvalue weighted by atomic mass is 16.3. The molecule has 1 rings (SSSR count). The Hall–Kier alpha value is -1.32. The molecule has 0 aliphatic carbocycles. The van der Waals surface area contributed by atoms with Crippen LogP contribution in [-0.2, 0) is 0 Å². The zero-order valence-electron chi connectivity index (χ0n) is 4.07. The molecule has 0 saturated heterocycles. The van der Waals surface area contributed by atoms with E-state index in [4.69, 9.17) is 16.1 Å². The summed E-state index contributed by atoms with van der Waals surface area (Å²) < 4.78 is 0.778. The minimum atomic E-state index is -0.150. The Morgan fingerprint density at radius 2 is 1.62 bits per heavy atom. The third kappa shape index (κ3) is 0.465. The highest BCUT2D eigenvalue weighted by Gasteiger charge is 1.97. The molecule has 0 bridgehead atoms. The van der Waals surface area contributed by atoms with Crippen molar-refractivity contribution < 1.29 is 10.2 Å². The molecule has 0 saturated carbocycles. The van der Waals surface area contributed by atoms with E-state index in [1.165, 1.54) is 12.1 Å². The fraction of sp³-hybridized carbons (Fsp3) is 0. The van der Waals surface area contributed by atoms with Gasteiger partial charge in [0.15, 0.2) is 0 Å². The smallest absolute Gasteiger partial charge is 0.212 e. The zero-order valence-corrected chi connectivity index (χ0v) is 4.07. The predicted molar refractivity (Wildman–Crippen MR) is 27.9 cm³/mol. The van der Waals surface area contributed by atoms with Gasteiger partial charge in [-0.05, 0) is 0 Å². The van der Waals surface area contributed by atoms with Crippen molar-refractivity contribution in [3.63, 3.8) is 0 Å². The van der Waals surface area contributed by atoms with Crippen LogP contribution >= 0.6 is 0 Å². The quantitative estimate of drug-likeness (QED) is 0.402. The first-order valence-electron chi connectivity index (χ1n) is 2.06. The summed E-state index contributed by atoms with van der Waals surface area (Å²) in [5.41, 5.74) is 0. The van der Waals surface area contributed by atoms with Crippen molar-refractivity contribution >= 4 is 0 Å². The summed E-state index contributed by atoms with van der Waals surface area (Å²) in [6.45, 7) is 0. The lowest BCUT2D eigenvalue weighted by Crippen LogP contribution is -2.05. The summed E-state index contributed by atoms with van der Waals surface area (Å²) in [5, 5.41) is 17.2. The molecule has 0 fully saturated rings. The number of hydrogen-bond donors (Lipinski definition) is 3. The molecule has 1 aromatic rings. The molecular weight excluding hydrogens is 108 g/mol. The summed E-state index contributed by atoms with van der Waals surface area (Å²) >= 11 is 0.